The minimum absolute atomic E-state index is 0.0296. The molecule has 3 nitrogen and oxygen atoms in total. The fourth-order valence-electron chi connectivity index (χ4n) is 2.92. The van der Waals surface area contributed by atoms with Crippen LogP contribution in [-0.4, -0.2) is 24.7 Å². The van der Waals surface area contributed by atoms with Crippen LogP contribution in [0.2, 0.25) is 0 Å². The van der Waals surface area contributed by atoms with Crippen molar-refractivity contribution in [2.45, 2.75) is 57.5 Å². The third kappa shape index (κ3) is 2.51. The normalized spacial score (nSPS) is 35.7. The van der Waals surface area contributed by atoms with E-state index in [1.807, 2.05) is 6.92 Å². The number of ether oxygens (including phenoxy) is 1. The van der Waals surface area contributed by atoms with Gasteiger partial charge in [-0.25, -0.2) is 0 Å². The van der Waals surface area contributed by atoms with Crippen LogP contribution in [0.5, 0.6) is 0 Å². The van der Waals surface area contributed by atoms with Crippen LogP contribution in [0.1, 0.15) is 45.4 Å². The molecule has 0 aromatic heterocycles. The van der Waals surface area contributed by atoms with E-state index < -0.39 is 0 Å². The van der Waals surface area contributed by atoms with Crippen molar-refractivity contribution in [3.63, 3.8) is 0 Å². The van der Waals surface area contributed by atoms with E-state index in [4.69, 9.17) is 4.74 Å². The summed E-state index contributed by atoms with van der Waals surface area (Å²) in [5, 5.41) is 3.44. The summed E-state index contributed by atoms with van der Waals surface area (Å²) in [6.07, 6.45) is 7.51. The zero-order valence-corrected chi connectivity index (χ0v) is 9.50. The van der Waals surface area contributed by atoms with Gasteiger partial charge in [0.25, 0.3) is 0 Å². The summed E-state index contributed by atoms with van der Waals surface area (Å²) in [6.45, 7) is 2.36. The Morgan fingerprint density at radius 2 is 2.13 bits per heavy atom. The van der Waals surface area contributed by atoms with E-state index in [0.717, 1.165) is 6.42 Å². The Morgan fingerprint density at radius 1 is 1.33 bits per heavy atom. The molecule has 1 N–H and O–H groups in total. The van der Waals surface area contributed by atoms with Gasteiger partial charge in [0.1, 0.15) is 6.04 Å². The second-order valence-electron chi connectivity index (χ2n) is 4.71. The smallest absolute Gasteiger partial charge is 0.323 e. The molecular weight excluding hydrogens is 190 g/mol. The number of rotatable bonds is 2. The van der Waals surface area contributed by atoms with Gasteiger partial charge in [-0.05, 0) is 32.1 Å². The van der Waals surface area contributed by atoms with E-state index in [1.54, 1.807) is 0 Å². The van der Waals surface area contributed by atoms with Crippen molar-refractivity contribution in [2.24, 2.45) is 5.92 Å². The van der Waals surface area contributed by atoms with Gasteiger partial charge in [0.2, 0.25) is 0 Å². The monoisotopic (exact) mass is 211 g/mol. The molecular formula is C12H21NO2. The molecule has 3 heteroatoms. The summed E-state index contributed by atoms with van der Waals surface area (Å²) < 4.78 is 5.06. The second-order valence-corrected chi connectivity index (χ2v) is 4.71. The van der Waals surface area contributed by atoms with Crippen LogP contribution in [-0.2, 0) is 9.53 Å². The average Bonchev–Trinajstić information content (AvgIpc) is 2.51. The molecule has 0 bridgehead atoms. The van der Waals surface area contributed by atoms with Crippen molar-refractivity contribution in [3.05, 3.63) is 0 Å². The quantitative estimate of drug-likeness (QED) is 0.708. The van der Waals surface area contributed by atoms with Crippen LogP contribution in [0.4, 0.5) is 0 Å². The maximum Gasteiger partial charge on any atom is 0.323 e. The van der Waals surface area contributed by atoms with Crippen molar-refractivity contribution in [2.75, 3.05) is 6.61 Å². The molecule has 1 saturated carbocycles. The summed E-state index contributed by atoms with van der Waals surface area (Å²) >= 11 is 0. The molecule has 1 heterocycles. The molecule has 0 amide bonds. The Bertz CT molecular complexity index is 216. The molecule has 15 heavy (non-hydrogen) atoms. The van der Waals surface area contributed by atoms with Crippen LogP contribution >= 0.6 is 0 Å². The highest BCUT2D eigenvalue weighted by Crippen LogP contribution is 2.32. The maximum atomic E-state index is 11.6. The molecule has 3 atom stereocenters. The van der Waals surface area contributed by atoms with Gasteiger partial charge in [-0.15, -0.1) is 0 Å². The third-order valence-electron chi connectivity index (χ3n) is 3.68. The Hall–Kier alpha value is -0.570. The number of esters is 1. The fourth-order valence-corrected chi connectivity index (χ4v) is 2.92. The van der Waals surface area contributed by atoms with Gasteiger partial charge in [0.15, 0.2) is 0 Å². The summed E-state index contributed by atoms with van der Waals surface area (Å²) in [5.41, 5.74) is 0. The first-order valence-electron chi connectivity index (χ1n) is 6.24. The number of carbonyl (C=O) groups excluding carboxylic acids is 1. The van der Waals surface area contributed by atoms with Crippen LogP contribution in [0.15, 0.2) is 0 Å². The standard InChI is InChI=1S/C12H21NO2/c1-2-15-12(14)11-8-9-6-4-3-5-7-10(9)13-11/h9-11,13H,2-8H2,1H3/t9?,10?,11-/m1/s1. The molecule has 2 fully saturated rings. The topological polar surface area (TPSA) is 38.3 Å². The van der Waals surface area contributed by atoms with Crippen LogP contribution in [0, 0.1) is 5.92 Å². The zero-order valence-electron chi connectivity index (χ0n) is 9.50. The molecule has 2 aliphatic rings. The number of hydrogen-bond donors (Lipinski definition) is 1. The lowest BCUT2D eigenvalue weighted by molar-refractivity contribution is -0.145. The molecule has 0 spiro atoms. The molecule has 2 unspecified atom stereocenters. The van der Waals surface area contributed by atoms with Crippen molar-refractivity contribution in [3.8, 4) is 0 Å². The fraction of sp³-hybridized carbons (Fsp3) is 0.917. The summed E-state index contributed by atoms with van der Waals surface area (Å²) in [5.74, 6) is 0.660. The molecule has 0 aromatic rings. The molecule has 86 valence electrons. The minimum atomic E-state index is -0.0504. The summed E-state index contributed by atoms with van der Waals surface area (Å²) in [4.78, 5) is 11.6. The first kappa shape index (κ1) is 10.9. The van der Waals surface area contributed by atoms with E-state index in [1.165, 1.54) is 32.1 Å². The number of hydrogen-bond acceptors (Lipinski definition) is 3. The Labute approximate surface area is 91.6 Å². The zero-order chi connectivity index (χ0) is 10.7. The van der Waals surface area contributed by atoms with Gasteiger partial charge < -0.3 is 10.1 Å². The Kier molecular flexibility index (Phi) is 3.62. The van der Waals surface area contributed by atoms with Gasteiger partial charge in [-0.1, -0.05) is 19.3 Å². The Balaban J connectivity index is 1.90. The number of nitrogens with one attached hydrogen (secondary N) is 1. The van der Waals surface area contributed by atoms with Crippen molar-refractivity contribution < 1.29 is 9.53 Å². The van der Waals surface area contributed by atoms with Gasteiger partial charge in [-0.2, -0.15) is 0 Å². The second kappa shape index (κ2) is 4.97. The lowest BCUT2D eigenvalue weighted by Crippen LogP contribution is -2.37. The first-order chi connectivity index (χ1) is 7.31. The third-order valence-corrected chi connectivity index (χ3v) is 3.68. The predicted octanol–water partition coefficient (Wildman–Crippen LogP) is 1.86. The lowest BCUT2D eigenvalue weighted by Gasteiger charge is -2.14. The molecule has 0 radical (unpaired) electrons. The van der Waals surface area contributed by atoms with E-state index in [2.05, 4.69) is 5.32 Å². The lowest BCUT2D eigenvalue weighted by atomic mass is 9.94. The molecule has 2 rings (SSSR count). The highest BCUT2D eigenvalue weighted by molar-refractivity contribution is 5.76. The minimum Gasteiger partial charge on any atom is -0.465 e. The largest absolute Gasteiger partial charge is 0.465 e. The number of fused-ring (bicyclic) bond motifs is 1. The predicted molar refractivity (Wildman–Crippen MR) is 58.5 cm³/mol. The van der Waals surface area contributed by atoms with E-state index >= 15 is 0 Å². The van der Waals surface area contributed by atoms with Crippen LogP contribution < -0.4 is 5.32 Å². The summed E-state index contributed by atoms with van der Waals surface area (Å²) in [6, 6.07) is 0.542. The van der Waals surface area contributed by atoms with Gasteiger partial charge >= 0.3 is 5.97 Å². The van der Waals surface area contributed by atoms with E-state index in [9.17, 15) is 4.79 Å². The van der Waals surface area contributed by atoms with Crippen molar-refractivity contribution in [1.29, 1.82) is 0 Å². The first-order valence-corrected chi connectivity index (χ1v) is 6.24. The van der Waals surface area contributed by atoms with E-state index in [-0.39, 0.29) is 12.0 Å². The van der Waals surface area contributed by atoms with Crippen LogP contribution in [0.25, 0.3) is 0 Å². The molecule has 1 saturated heterocycles. The highest BCUT2D eigenvalue weighted by Gasteiger charge is 2.37. The van der Waals surface area contributed by atoms with Gasteiger partial charge in [0.05, 0.1) is 6.61 Å². The molecule has 0 aromatic carbocycles. The highest BCUT2D eigenvalue weighted by atomic mass is 16.5. The van der Waals surface area contributed by atoms with Crippen molar-refractivity contribution in [1.82, 2.24) is 5.32 Å². The van der Waals surface area contributed by atoms with E-state index in [0.29, 0.717) is 18.6 Å². The SMILES string of the molecule is CCOC(=O)[C@H]1CC2CCCCCC2N1. The van der Waals surface area contributed by atoms with Gasteiger partial charge in [0, 0.05) is 6.04 Å². The summed E-state index contributed by atoms with van der Waals surface area (Å²) in [7, 11) is 0. The molecule has 1 aliphatic heterocycles. The maximum absolute atomic E-state index is 11.6. The van der Waals surface area contributed by atoms with Gasteiger partial charge in [-0.3, -0.25) is 4.79 Å². The van der Waals surface area contributed by atoms with Crippen LogP contribution in [0.3, 0.4) is 0 Å². The number of carbonyl (C=O) groups is 1. The molecule has 1 aliphatic carbocycles. The van der Waals surface area contributed by atoms with Crippen molar-refractivity contribution >= 4 is 5.97 Å². The Morgan fingerprint density at radius 3 is 2.93 bits per heavy atom. The average molecular weight is 211 g/mol.